The molecule has 7 heteroatoms. The second-order valence-corrected chi connectivity index (χ2v) is 7.57. The fourth-order valence-electron chi connectivity index (χ4n) is 3.12. The zero-order chi connectivity index (χ0) is 21.7. The minimum absolute atomic E-state index is 0.0117. The Bertz CT molecular complexity index is 794. The normalized spacial score (nSPS) is 13.4. The first-order valence-corrected chi connectivity index (χ1v) is 9.57. The molecule has 0 aromatic heterocycles. The Morgan fingerprint density at radius 3 is 1.83 bits per heavy atom. The van der Waals surface area contributed by atoms with Crippen molar-refractivity contribution in [2.24, 2.45) is 11.7 Å². The quantitative estimate of drug-likeness (QED) is 0.336. The first-order chi connectivity index (χ1) is 13.6. The fraction of sp³-hybridized carbons (Fsp3) is 0.455. The monoisotopic (exact) mass is 413 g/mol. The lowest BCUT2D eigenvalue weighted by Gasteiger charge is -2.23. The van der Waals surface area contributed by atoms with E-state index in [1.807, 2.05) is 19.1 Å². The number of ether oxygens (including phenoxy) is 2. The lowest BCUT2D eigenvalue weighted by Crippen LogP contribution is -2.26. The summed E-state index contributed by atoms with van der Waals surface area (Å²) in [5.74, 6) is -5.87. The van der Waals surface area contributed by atoms with Gasteiger partial charge in [0.15, 0.2) is 17.4 Å². The van der Waals surface area contributed by atoms with Crippen molar-refractivity contribution >= 4 is 0 Å². The van der Waals surface area contributed by atoms with Crippen LogP contribution in [0.25, 0.3) is 0 Å². The Morgan fingerprint density at radius 1 is 0.828 bits per heavy atom. The molecule has 0 heterocycles. The topological polar surface area (TPSA) is 44.5 Å². The maximum absolute atomic E-state index is 13.8. The van der Waals surface area contributed by atoms with Crippen LogP contribution in [0.2, 0.25) is 0 Å². The van der Waals surface area contributed by atoms with Gasteiger partial charge in [-0.3, -0.25) is 0 Å². The molecule has 2 unspecified atom stereocenters. The highest BCUT2D eigenvalue weighted by Crippen LogP contribution is 2.30. The summed E-state index contributed by atoms with van der Waals surface area (Å²) in [5, 5.41) is 0. The van der Waals surface area contributed by atoms with Gasteiger partial charge in [0.25, 0.3) is 0 Å². The number of benzene rings is 2. The van der Waals surface area contributed by atoms with Gasteiger partial charge in [-0.25, -0.2) is 8.78 Å². The van der Waals surface area contributed by atoms with E-state index >= 15 is 0 Å². The summed E-state index contributed by atoms with van der Waals surface area (Å²) < 4.78 is 65.0. The van der Waals surface area contributed by atoms with Gasteiger partial charge in [-0.2, -0.15) is 8.78 Å². The third kappa shape index (κ3) is 5.63. The zero-order valence-corrected chi connectivity index (χ0v) is 17.1. The van der Waals surface area contributed by atoms with E-state index in [4.69, 9.17) is 15.2 Å². The molecule has 0 aliphatic heterocycles. The van der Waals surface area contributed by atoms with E-state index in [-0.39, 0.29) is 25.2 Å². The number of rotatable bonds is 9. The van der Waals surface area contributed by atoms with Crippen molar-refractivity contribution in [3.63, 3.8) is 0 Å². The van der Waals surface area contributed by atoms with Crippen LogP contribution in [0.15, 0.2) is 24.3 Å². The van der Waals surface area contributed by atoms with E-state index in [0.29, 0.717) is 11.7 Å². The van der Waals surface area contributed by atoms with E-state index in [1.54, 1.807) is 12.1 Å². The Hall–Kier alpha value is -2.28. The van der Waals surface area contributed by atoms with Gasteiger partial charge in [0.05, 0.1) is 0 Å². The van der Waals surface area contributed by atoms with Gasteiger partial charge in [-0.05, 0) is 49.8 Å². The Kier molecular flexibility index (Phi) is 7.90. The van der Waals surface area contributed by atoms with Gasteiger partial charge in [0.1, 0.15) is 19.0 Å². The van der Waals surface area contributed by atoms with Crippen molar-refractivity contribution in [2.45, 2.75) is 46.1 Å². The second-order valence-electron chi connectivity index (χ2n) is 7.57. The van der Waals surface area contributed by atoms with Crippen LogP contribution in [0, 0.1) is 36.1 Å². The summed E-state index contributed by atoms with van der Waals surface area (Å²) in [6, 6.07) is 7.42. The summed E-state index contributed by atoms with van der Waals surface area (Å²) in [7, 11) is 0. The summed E-state index contributed by atoms with van der Waals surface area (Å²) >= 11 is 0. The minimum Gasteiger partial charge on any atom is -0.490 e. The summed E-state index contributed by atoms with van der Waals surface area (Å²) in [4.78, 5) is 0. The zero-order valence-electron chi connectivity index (χ0n) is 17.1. The van der Waals surface area contributed by atoms with Crippen LogP contribution in [0.1, 0.15) is 44.2 Å². The molecule has 0 radical (unpaired) electrons. The van der Waals surface area contributed by atoms with Crippen LogP contribution in [0.4, 0.5) is 17.6 Å². The van der Waals surface area contributed by atoms with Crippen molar-refractivity contribution in [2.75, 3.05) is 13.2 Å². The molecular formula is C22H27F4NO2. The Labute approximate surface area is 168 Å². The Morgan fingerprint density at radius 2 is 1.34 bits per heavy atom. The van der Waals surface area contributed by atoms with Gasteiger partial charge in [-0.1, -0.05) is 26.0 Å². The lowest BCUT2D eigenvalue weighted by molar-refractivity contribution is 0.200. The van der Waals surface area contributed by atoms with Crippen LogP contribution >= 0.6 is 0 Å². The highest BCUT2D eigenvalue weighted by molar-refractivity contribution is 5.34. The molecule has 29 heavy (non-hydrogen) atoms. The highest BCUT2D eigenvalue weighted by atomic mass is 19.2. The van der Waals surface area contributed by atoms with Gasteiger partial charge in [0, 0.05) is 11.6 Å². The highest BCUT2D eigenvalue weighted by Gasteiger charge is 2.24. The maximum atomic E-state index is 13.8. The predicted octanol–water partition coefficient (Wildman–Crippen LogP) is 5.49. The molecular weight excluding hydrogens is 386 g/mol. The third-order valence-corrected chi connectivity index (χ3v) is 4.71. The van der Waals surface area contributed by atoms with E-state index in [1.165, 1.54) is 0 Å². The van der Waals surface area contributed by atoms with Crippen LogP contribution in [-0.2, 0) is 0 Å². The molecule has 0 saturated heterocycles. The molecule has 2 N–H and O–H groups in total. The number of hydrogen-bond acceptors (Lipinski definition) is 3. The van der Waals surface area contributed by atoms with Crippen molar-refractivity contribution < 1.29 is 27.0 Å². The standard InChI is InChI=1S/C22H27F4NO2/c1-12(2)11-17(14(4)27)15-5-7-16(8-6-15)28-9-10-29-22-20(25)18(23)13(3)19(24)21(22)26/h5-8,12,14,17H,9-11,27H2,1-4H3. The molecule has 2 aromatic carbocycles. The number of halogens is 4. The van der Waals surface area contributed by atoms with Crippen molar-refractivity contribution in [3.05, 3.63) is 58.7 Å². The van der Waals surface area contributed by atoms with Crippen molar-refractivity contribution in [1.29, 1.82) is 0 Å². The third-order valence-electron chi connectivity index (χ3n) is 4.71. The molecule has 0 fully saturated rings. The van der Waals surface area contributed by atoms with Crippen LogP contribution < -0.4 is 15.2 Å². The van der Waals surface area contributed by atoms with Gasteiger partial charge in [0.2, 0.25) is 11.6 Å². The largest absolute Gasteiger partial charge is 0.490 e. The van der Waals surface area contributed by atoms with E-state index in [0.717, 1.165) is 18.9 Å². The summed E-state index contributed by atoms with van der Waals surface area (Å²) in [6.07, 6.45) is 0.965. The molecule has 0 amide bonds. The van der Waals surface area contributed by atoms with Gasteiger partial charge < -0.3 is 15.2 Å². The molecule has 2 rings (SSSR count). The van der Waals surface area contributed by atoms with Gasteiger partial charge in [-0.15, -0.1) is 0 Å². The summed E-state index contributed by atoms with van der Waals surface area (Å²) in [6.45, 7) is 6.87. The van der Waals surface area contributed by atoms with Crippen LogP contribution in [-0.4, -0.2) is 19.3 Å². The number of nitrogens with two attached hydrogens (primary N) is 1. The SMILES string of the molecule is Cc1c(F)c(F)c(OCCOc2ccc(C(CC(C)C)C(C)N)cc2)c(F)c1F. The lowest BCUT2D eigenvalue weighted by atomic mass is 9.85. The van der Waals surface area contributed by atoms with E-state index in [2.05, 4.69) is 13.8 Å². The maximum Gasteiger partial charge on any atom is 0.204 e. The van der Waals surface area contributed by atoms with Crippen LogP contribution in [0.5, 0.6) is 11.5 Å². The first kappa shape index (κ1) is 23.0. The molecule has 0 spiro atoms. The second kappa shape index (κ2) is 9.96. The van der Waals surface area contributed by atoms with E-state index in [9.17, 15) is 17.6 Å². The first-order valence-electron chi connectivity index (χ1n) is 9.57. The smallest absolute Gasteiger partial charge is 0.204 e. The molecule has 0 aliphatic carbocycles. The predicted molar refractivity (Wildman–Crippen MR) is 104 cm³/mol. The molecule has 3 nitrogen and oxygen atoms in total. The van der Waals surface area contributed by atoms with Gasteiger partial charge >= 0.3 is 0 Å². The Balaban J connectivity index is 1.95. The van der Waals surface area contributed by atoms with Crippen LogP contribution in [0.3, 0.4) is 0 Å². The van der Waals surface area contributed by atoms with Crippen molar-refractivity contribution in [3.8, 4) is 11.5 Å². The minimum atomic E-state index is -1.56. The average molecular weight is 413 g/mol. The molecule has 160 valence electrons. The van der Waals surface area contributed by atoms with E-state index < -0.39 is 34.6 Å². The fourth-order valence-corrected chi connectivity index (χ4v) is 3.12. The van der Waals surface area contributed by atoms with Crippen molar-refractivity contribution in [1.82, 2.24) is 0 Å². The summed E-state index contributed by atoms with van der Waals surface area (Å²) in [5.41, 5.74) is 6.47. The molecule has 2 aromatic rings. The average Bonchev–Trinajstić information content (AvgIpc) is 2.68. The number of hydrogen-bond donors (Lipinski definition) is 1. The molecule has 0 saturated carbocycles. The molecule has 0 aliphatic rings. The molecule has 0 bridgehead atoms. The molecule has 2 atom stereocenters.